The Morgan fingerprint density at radius 2 is 1.94 bits per heavy atom. The molecule has 5 nitrogen and oxygen atoms in total. The van der Waals surface area contributed by atoms with E-state index < -0.39 is 23.7 Å². The summed E-state index contributed by atoms with van der Waals surface area (Å²) in [6, 6.07) is 3.52. The molecule has 2 N–H and O–H groups in total. The molecule has 0 amide bonds. The van der Waals surface area contributed by atoms with E-state index in [0.29, 0.717) is 5.56 Å². The van der Waals surface area contributed by atoms with E-state index in [9.17, 15) is 14.0 Å². The van der Waals surface area contributed by atoms with Crippen LogP contribution in [0.5, 0.6) is 5.75 Å². The molecule has 0 aliphatic heterocycles. The van der Waals surface area contributed by atoms with E-state index in [1.165, 1.54) is 13.2 Å². The number of hydrogen-bond acceptors (Lipinski definition) is 3. The molecule has 92 valence electrons. The van der Waals surface area contributed by atoms with Gasteiger partial charge in [-0.25, -0.2) is 4.39 Å². The van der Waals surface area contributed by atoms with Gasteiger partial charge < -0.3 is 14.9 Å². The second-order valence-electron chi connectivity index (χ2n) is 3.39. The van der Waals surface area contributed by atoms with Gasteiger partial charge in [0, 0.05) is 6.07 Å². The fourth-order valence-corrected chi connectivity index (χ4v) is 1.39. The summed E-state index contributed by atoms with van der Waals surface area (Å²) in [5.41, 5.74) is 0.337. The van der Waals surface area contributed by atoms with Gasteiger partial charge in [-0.05, 0) is 18.1 Å². The van der Waals surface area contributed by atoms with E-state index in [0.717, 1.165) is 12.1 Å². The predicted octanol–water partition coefficient (Wildman–Crippen LogP) is 1.16. The van der Waals surface area contributed by atoms with Crippen LogP contribution < -0.4 is 4.74 Å². The smallest absolute Gasteiger partial charge is 0.318 e. The van der Waals surface area contributed by atoms with Gasteiger partial charge in [-0.15, -0.1) is 0 Å². The Kier molecular flexibility index (Phi) is 4.03. The Bertz CT molecular complexity index is 429. The molecular weight excluding hydrogens is 231 g/mol. The van der Waals surface area contributed by atoms with Gasteiger partial charge in [0.15, 0.2) is 5.92 Å². The van der Waals surface area contributed by atoms with E-state index in [2.05, 4.69) is 0 Å². The molecule has 0 fully saturated rings. The number of ether oxygens (including phenoxy) is 1. The van der Waals surface area contributed by atoms with Crippen LogP contribution in [-0.2, 0) is 16.0 Å². The zero-order valence-corrected chi connectivity index (χ0v) is 9.01. The van der Waals surface area contributed by atoms with Gasteiger partial charge in [-0.1, -0.05) is 6.07 Å². The summed E-state index contributed by atoms with van der Waals surface area (Å²) in [5, 5.41) is 17.5. The lowest BCUT2D eigenvalue weighted by Crippen LogP contribution is -2.25. The maximum atomic E-state index is 12.9. The van der Waals surface area contributed by atoms with Gasteiger partial charge in [-0.3, -0.25) is 9.59 Å². The molecule has 0 aliphatic carbocycles. The van der Waals surface area contributed by atoms with Crippen LogP contribution in [0.3, 0.4) is 0 Å². The molecule has 0 saturated heterocycles. The van der Waals surface area contributed by atoms with E-state index in [1.54, 1.807) is 0 Å². The fourth-order valence-electron chi connectivity index (χ4n) is 1.39. The van der Waals surface area contributed by atoms with Crippen LogP contribution in [0.15, 0.2) is 18.2 Å². The van der Waals surface area contributed by atoms with Crippen molar-refractivity contribution in [3.63, 3.8) is 0 Å². The number of rotatable bonds is 5. The standard InChI is InChI=1S/C11H11FO5/c1-17-9-5-7(12)3-2-6(9)4-8(10(13)14)11(15)16/h2-3,5,8H,4H2,1H3,(H,13,14)(H,15,16). The maximum Gasteiger partial charge on any atom is 0.318 e. The normalized spacial score (nSPS) is 10.3. The fraction of sp³-hybridized carbons (Fsp3) is 0.273. The molecule has 0 aliphatic rings. The molecule has 1 rings (SSSR count). The van der Waals surface area contributed by atoms with Crippen molar-refractivity contribution in [1.82, 2.24) is 0 Å². The number of carbonyl (C=O) groups is 2. The van der Waals surface area contributed by atoms with E-state index in [-0.39, 0.29) is 12.2 Å². The quantitative estimate of drug-likeness (QED) is 0.757. The van der Waals surface area contributed by atoms with Crippen molar-refractivity contribution in [3.8, 4) is 5.75 Å². The number of carboxylic acids is 2. The van der Waals surface area contributed by atoms with Gasteiger partial charge in [-0.2, -0.15) is 0 Å². The number of carboxylic acid groups (broad SMARTS) is 2. The Hall–Kier alpha value is -2.11. The SMILES string of the molecule is COc1cc(F)ccc1CC(C(=O)O)C(=O)O. The highest BCUT2D eigenvalue weighted by molar-refractivity contribution is 5.93. The summed E-state index contributed by atoms with van der Waals surface area (Å²) < 4.78 is 17.7. The first-order chi connectivity index (χ1) is 7.95. The van der Waals surface area contributed by atoms with Crippen LogP contribution in [0.4, 0.5) is 4.39 Å². The van der Waals surface area contributed by atoms with Crippen molar-refractivity contribution in [1.29, 1.82) is 0 Å². The lowest BCUT2D eigenvalue weighted by atomic mass is 9.99. The van der Waals surface area contributed by atoms with Crippen molar-refractivity contribution in [3.05, 3.63) is 29.6 Å². The summed E-state index contributed by atoms with van der Waals surface area (Å²) in [4.78, 5) is 21.4. The molecule has 0 aromatic heterocycles. The van der Waals surface area contributed by atoms with Gasteiger partial charge in [0.05, 0.1) is 7.11 Å². The lowest BCUT2D eigenvalue weighted by molar-refractivity contribution is -0.154. The third-order valence-corrected chi connectivity index (χ3v) is 2.27. The van der Waals surface area contributed by atoms with Crippen molar-refractivity contribution in [2.24, 2.45) is 5.92 Å². The summed E-state index contributed by atoms with van der Waals surface area (Å²) in [6.45, 7) is 0. The highest BCUT2D eigenvalue weighted by atomic mass is 19.1. The molecule has 0 unspecified atom stereocenters. The molecule has 0 heterocycles. The second-order valence-corrected chi connectivity index (χ2v) is 3.39. The van der Waals surface area contributed by atoms with Crippen LogP contribution in [0.25, 0.3) is 0 Å². The van der Waals surface area contributed by atoms with Crippen LogP contribution >= 0.6 is 0 Å². The average molecular weight is 242 g/mol. The first-order valence-corrected chi connectivity index (χ1v) is 4.73. The molecule has 1 aromatic carbocycles. The Morgan fingerprint density at radius 1 is 1.35 bits per heavy atom. The number of halogens is 1. The third-order valence-electron chi connectivity index (χ3n) is 2.27. The van der Waals surface area contributed by atoms with Crippen LogP contribution in [0.1, 0.15) is 5.56 Å². The zero-order valence-electron chi connectivity index (χ0n) is 9.01. The van der Waals surface area contributed by atoms with Crippen LogP contribution in [-0.4, -0.2) is 29.3 Å². The number of benzene rings is 1. The van der Waals surface area contributed by atoms with Crippen molar-refractivity contribution in [2.45, 2.75) is 6.42 Å². The predicted molar refractivity (Wildman–Crippen MR) is 55.4 cm³/mol. The highest BCUT2D eigenvalue weighted by Gasteiger charge is 2.27. The van der Waals surface area contributed by atoms with Crippen molar-refractivity contribution >= 4 is 11.9 Å². The minimum absolute atomic E-state index is 0.137. The summed E-state index contributed by atoms with van der Waals surface area (Å²) in [7, 11) is 1.30. The minimum Gasteiger partial charge on any atom is -0.496 e. The minimum atomic E-state index is -1.57. The monoisotopic (exact) mass is 242 g/mol. The molecule has 0 bridgehead atoms. The topological polar surface area (TPSA) is 83.8 Å². The van der Waals surface area contributed by atoms with Gasteiger partial charge in [0.2, 0.25) is 0 Å². The zero-order chi connectivity index (χ0) is 13.0. The number of hydrogen-bond donors (Lipinski definition) is 2. The summed E-state index contributed by atoms with van der Waals surface area (Å²) in [5.74, 6) is -4.85. The van der Waals surface area contributed by atoms with Crippen LogP contribution in [0.2, 0.25) is 0 Å². The van der Waals surface area contributed by atoms with Gasteiger partial charge in [0.25, 0.3) is 0 Å². The number of methoxy groups -OCH3 is 1. The number of aliphatic carboxylic acids is 2. The Balaban J connectivity index is 3.00. The Labute approximate surface area is 96.4 Å². The van der Waals surface area contributed by atoms with E-state index >= 15 is 0 Å². The van der Waals surface area contributed by atoms with E-state index in [1.807, 2.05) is 0 Å². The first-order valence-electron chi connectivity index (χ1n) is 4.73. The average Bonchev–Trinajstić information content (AvgIpc) is 2.26. The molecule has 0 atom stereocenters. The van der Waals surface area contributed by atoms with Crippen LogP contribution in [0, 0.1) is 11.7 Å². The largest absolute Gasteiger partial charge is 0.496 e. The second kappa shape index (κ2) is 5.29. The molecule has 0 spiro atoms. The van der Waals surface area contributed by atoms with Crippen molar-refractivity contribution in [2.75, 3.05) is 7.11 Å². The summed E-state index contributed by atoms with van der Waals surface area (Å²) >= 11 is 0. The highest BCUT2D eigenvalue weighted by Crippen LogP contribution is 2.22. The maximum absolute atomic E-state index is 12.9. The molecule has 0 saturated carbocycles. The summed E-state index contributed by atoms with van der Waals surface area (Å²) in [6.07, 6.45) is -0.256. The third kappa shape index (κ3) is 3.17. The molecular formula is C11H11FO5. The lowest BCUT2D eigenvalue weighted by Gasteiger charge is -2.11. The molecule has 6 heteroatoms. The Morgan fingerprint density at radius 3 is 2.41 bits per heavy atom. The van der Waals surface area contributed by atoms with Crippen molar-refractivity contribution < 1.29 is 28.9 Å². The van der Waals surface area contributed by atoms with Gasteiger partial charge in [0.1, 0.15) is 11.6 Å². The molecule has 17 heavy (non-hydrogen) atoms. The van der Waals surface area contributed by atoms with E-state index in [4.69, 9.17) is 14.9 Å². The molecule has 1 aromatic rings. The van der Waals surface area contributed by atoms with Gasteiger partial charge >= 0.3 is 11.9 Å². The molecule has 0 radical (unpaired) electrons. The first kappa shape index (κ1) is 13.0.